The van der Waals surface area contributed by atoms with E-state index in [1.165, 1.54) is 39.7 Å². The van der Waals surface area contributed by atoms with Crippen LogP contribution >= 0.6 is 0 Å². The highest BCUT2D eigenvalue weighted by atomic mass is 19.1. The van der Waals surface area contributed by atoms with Gasteiger partial charge in [0.1, 0.15) is 11.2 Å². The molecule has 0 radical (unpaired) electrons. The highest BCUT2D eigenvalue weighted by Crippen LogP contribution is 2.40. The number of fused-ring (bicyclic) bond motifs is 1. The highest BCUT2D eigenvalue weighted by Gasteiger charge is 2.39. The van der Waals surface area contributed by atoms with Gasteiger partial charge in [0.05, 0.1) is 31.1 Å². The Hall–Kier alpha value is -4.45. The maximum absolute atomic E-state index is 15.3. The molecule has 196 valence electrons. The van der Waals surface area contributed by atoms with Crippen molar-refractivity contribution >= 4 is 22.6 Å². The number of aromatic nitrogens is 4. The number of β-amino-alcohol motifs (C(OH)–C–C–N with tert-alkyl or cyclic N) is 1. The van der Waals surface area contributed by atoms with E-state index >= 15 is 8.78 Å². The topological polar surface area (TPSA) is 123 Å². The fraction of sp³-hybridized carbons (Fsp3) is 0.269. The van der Waals surface area contributed by atoms with Crippen LogP contribution in [0.5, 0.6) is 11.5 Å². The standard InChI is InChI=1S/C26H24F2N6O4/c1-26(36)11-34(12-26)24-22-14(10-31-23(33-22)13-5-6-15(30-9-13)25(35)29-2)7-16(32-24)19-20(27)17(37-3)8-18(38-4)21(19)28/h5-10,36H,11-12H2,1-4H3,(H,29,35). The van der Waals surface area contributed by atoms with Crippen molar-refractivity contribution in [2.75, 3.05) is 39.3 Å². The molecule has 1 fully saturated rings. The third kappa shape index (κ3) is 4.32. The summed E-state index contributed by atoms with van der Waals surface area (Å²) in [5.41, 5.74) is -0.173. The van der Waals surface area contributed by atoms with Crippen LogP contribution in [0, 0.1) is 11.6 Å². The Morgan fingerprint density at radius 3 is 2.29 bits per heavy atom. The van der Waals surface area contributed by atoms with Crippen LogP contribution < -0.4 is 19.7 Å². The quantitative estimate of drug-likeness (QED) is 0.393. The number of nitrogens with zero attached hydrogens (tertiary/aromatic N) is 5. The van der Waals surface area contributed by atoms with Gasteiger partial charge in [-0.15, -0.1) is 0 Å². The van der Waals surface area contributed by atoms with Gasteiger partial charge in [-0.05, 0) is 25.1 Å². The zero-order chi connectivity index (χ0) is 27.2. The molecule has 4 heterocycles. The number of amides is 1. The second-order valence-corrected chi connectivity index (χ2v) is 9.11. The zero-order valence-electron chi connectivity index (χ0n) is 21.0. The summed E-state index contributed by atoms with van der Waals surface area (Å²) in [4.78, 5) is 31.4. The Morgan fingerprint density at radius 2 is 1.74 bits per heavy atom. The Kier molecular flexibility index (Phi) is 6.27. The summed E-state index contributed by atoms with van der Waals surface area (Å²) in [6.45, 7) is 2.17. The van der Waals surface area contributed by atoms with Crippen LogP contribution in [0.15, 0.2) is 36.7 Å². The summed E-state index contributed by atoms with van der Waals surface area (Å²) in [5.74, 6) is -1.95. The average Bonchev–Trinajstić information content (AvgIpc) is 2.91. The first kappa shape index (κ1) is 25.2. The van der Waals surface area contributed by atoms with Crippen molar-refractivity contribution in [2.45, 2.75) is 12.5 Å². The normalized spacial score (nSPS) is 14.2. The molecular formula is C26H24F2N6O4. The molecule has 1 aliphatic rings. The van der Waals surface area contributed by atoms with Crippen molar-refractivity contribution in [2.24, 2.45) is 0 Å². The fourth-order valence-corrected chi connectivity index (χ4v) is 4.33. The summed E-state index contributed by atoms with van der Waals surface area (Å²) in [5, 5.41) is 13.3. The first-order valence-electron chi connectivity index (χ1n) is 11.6. The minimum atomic E-state index is -0.949. The molecule has 4 aromatic rings. The molecule has 1 amide bonds. The largest absolute Gasteiger partial charge is 0.494 e. The maximum atomic E-state index is 15.3. The van der Waals surface area contributed by atoms with Crippen LogP contribution in [-0.4, -0.2) is 70.9 Å². The number of carbonyl (C=O) groups excluding carboxylic acids is 1. The number of nitrogens with one attached hydrogen (secondary N) is 1. The Bertz CT molecular complexity index is 1530. The first-order chi connectivity index (χ1) is 18.2. The number of ether oxygens (including phenoxy) is 2. The summed E-state index contributed by atoms with van der Waals surface area (Å²) in [6.07, 6.45) is 3.00. The molecule has 12 heteroatoms. The number of rotatable bonds is 6. The van der Waals surface area contributed by atoms with Crippen LogP contribution in [0.4, 0.5) is 14.6 Å². The van der Waals surface area contributed by atoms with Gasteiger partial charge in [-0.25, -0.2) is 23.7 Å². The lowest BCUT2D eigenvalue weighted by Gasteiger charge is -2.45. The monoisotopic (exact) mass is 522 g/mol. The smallest absolute Gasteiger partial charge is 0.269 e. The molecule has 0 unspecified atom stereocenters. The van der Waals surface area contributed by atoms with E-state index in [-0.39, 0.29) is 41.9 Å². The van der Waals surface area contributed by atoms with Crippen molar-refractivity contribution in [3.8, 4) is 34.1 Å². The molecular weight excluding hydrogens is 498 g/mol. The molecule has 0 aliphatic carbocycles. The summed E-state index contributed by atoms with van der Waals surface area (Å²) in [6, 6.07) is 5.83. The van der Waals surface area contributed by atoms with Gasteiger partial charge in [-0.2, -0.15) is 0 Å². The summed E-state index contributed by atoms with van der Waals surface area (Å²) < 4.78 is 40.8. The number of aliphatic hydroxyl groups is 1. The predicted molar refractivity (Wildman–Crippen MR) is 135 cm³/mol. The lowest BCUT2D eigenvalue weighted by atomic mass is 9.96. The number of methoxy groups -OCH3 is 2. The molecule has 0 saturated carbocycles. The number of anilines is 1. The van der Waals surface area contributed by atoms with E-state index in [4.69, 9.17) is 9.47 Å². The van der Waals surface area contributed by atoms with Crippen molar-refractivity contribution in [3.05, 3.63) is 54.0 Å². The molecule has 1 saturated heterocycles. The SMILES string of the molecule is CNC(=O)c1ccc(-c2ncc3cc(-c4c(F)c(OC)cc(OC)c4F)nc(N4CC(C)(O)C4)c3n2)cn1. The van der Waals surface area contributed by atoms with Crippen LogP contribution in [0.25, 0.3) is 33.5 Å². The zero-order valence-corrected chi connectivity index (χ0v) is 21.0. The molecule has 0 atom stereocenters. The molecule has 1 aliphatic heterocycles. The summed E-state index contributed by atoms with van der Waals surface area (Å²) >= 11 is 0. The van der Waals surface area contributed by atoms with Crippen molar-refractivity contribution in [3.63, 3.8) is 0 Å². The molecule has 38 heavy (non-hydrogen) atoms. The van der Waals surface area contributed by atoms with Crippen LogP contribution in [-0.2, 0) is 0 Å². The van der Waals surface area contributed by atoms with E-state index in [2.05, 4.69) is 25.3 Å². The highest BCUT2D eigenvalue weighted by molar-refractivity contribution is 5.94. The predicted octanol–water partition coefficient (Wildman–Crippen LogP) is 2.98. The number of hydrogen-bond donors (Lipinski definition) is 2. The van der Waals surface area contributed by atoms with E-state index < -0.39 is 22.8 Å². The molecule has 5 rings (SSSR count). The van der Waals surface area contributed by atoms with Gasteiger partial charge in [0.25, 0.3) is 5.91 Å². The molecule has 0 spiro atoms. The van der Waals surface area contributed by atoms with Gasteiger partial charge in [-0.3, -0.25) is 9.78 Å². The number of pyridine rings is 2. The van der Waals surface area contributed by atoms with Gasteiger partial charge in [0.15, 0.2) is 34.8 Å². The molecule has 1 aromatic carbocycles. The van der Waals surface area contributed by atoms with Gasteiger partial charge in [0, 0.05) is 49.5 Å². The first-order valence-corrected chi connectivity index (χ1v) is 11.6. The lowest BCUT2D eigenvalue weighted by molar-refractivity contribution is 0.0307. The van der Waals surface area contributed by atoms with E-state index in [9.17, 15) is 9.90 Å². The maximum Gasteiger partial charge on any atom is 0.269 e. The number of halogens is 2. The Labute approximate surface area is 216 Å². The van der Waals surface area contributed by atoms with E-state index in [1.807, 2.05) is 0 Å². The van der Waals surface area contributed by atoms with E-state index in [0.29, 0.717) is 28.1 Å². The van der Waals surface area contributed by atoms with Crippen molar-refractivity contribution < 1.29 is 28.2 Å². The van der Waals surface area contributed by atoms with Crippen LogP contribution in [0.1, 0.15) is 17.4 Å². The molecule has 10 nitrogen and oxygen atoms in total. The minimum Gasteiger partial charge on any atom is -0.494 e. The Balaban J connectivity index is 1.68. The second kappa shape index (κ2) is 9.45. The van der Waals surface area contributed by atoms with E-state index in [0.717, 1.165) is 6.07 Å². The van der Waals surface area contributed by atoms with Gasteiger partial charge in [0.2, 0.25) is 0 Å². The van der Waals surface area contributed by atoms with Crippen molar-refractivity contribution in [1.82, 2.24) is 25.3 Å². The number of benzene rings is 1. The van der Waals surface area contributed by atoms with Gasteiger partial charge in [-0.1, -0.05) is 0 Å². The van der Waals surface area contributed by atoms with Crippen molar-refractivity contribution in [1.29, 1.82) is 0 Å². The number of hydrogen-bond acceptors (Lipinski definition) is 9. The Morgan fingerprint density at radius 1 is 1.05 bits per heavy atom. The molecule has 2 N–H and O–H groups in total. The van der Waals surface area contributed by atoms with Crippen LogP contribution in [0.3, 0.4) is 0 Å². The fourth-order valence-electron chi connectivity index (χ4n) is 4.33. The van der Waals surface area contributed by atoms with Gasteiger partial charge < -0.3 is 24.8 Å². The third-order valence-electron chi connectivity index (χ3n) is 6.22. The molecule has 0 bridgehead atoms. The van der Waals surface area contributed by atoms with E-state index in [1.54, 1.807) is 24.0 Å². The van der Waals surface area contributed by atoms with Crippen LogP contribution in [0.2, 0.25) is 0 Å². The molecule has 3 aromatic heterocycles. The third-order valence-corrected chi connectivity index (χ3v) is 6.22. The lowest BCUT2D eigenvalue weighted by Crippen LogP contribution is -2.60. The average molecular weight is 523 g/mol. The second-order valence-electron chi connectivity index (χ2n) is 9.11. The number of carbonyl (C=O) groups is 1. The minimum absolute atomic E-state index is 0.0146. The van der Waals surface area contributed by atoms with Gasteiger partial charge >= 0.3 is 0 Å². The summed E-state index contributed by atoms with van der Waals surface area (Å²) in [7, 11) is 4.05.